The molecule has 14 heavy (non-hydrogen) atoms. The summed E-state index contributed by atoms with van der Waals surface area (Å²) in [4.78, 5) is 14.6. The van der Waals surface area contributed by atoms with Crippen molar-refractivity contribution in [2.24, 2.45) is 5.16 Å². The quantitative estimate of drug-likeness (QED) is 0.581. The fourth-order valence-corrected chi connectivity index (χ4v) is 0.843. The Hall–Kier alpha value is -1.84. The molecule has 0 saturated carbocycles. The molecule has 0 atom stereocenters. The van der Waals surface area contributed by atoms with Crippen LogP contribution in [0.2, 0.25) is 0 Å². The molecule has 0 heterocycles. The minimum Gasteiger partial charge on any atom is -0.479 e. The first-order valence-electron chi connectivity index (χ1n) is 4.12. The second-order valence-corrected chi connectivity index (χ2v) is 2.81. The molecule has 74 valence electrons. The highest BCUT2D eigenvalue weighted by molar-refractivity contribution is 5.79. The number of benzene rings is 1. The van der Waals surface area contributed by atoms with Gasteiger partial charge in [0.25, 0.3) is 0 Å². The van der Waals surface area contributed by atoms with Crippen LogP contribution in [0.1, 0.15) is 11.1 Å². The number of rotatable bonds is 4. The maximum Gasteiger partial charge on any atom is 0.344 e. The number of carboxylic acid groups (broad SMARTS) is 1. The fraction of sp³-hybridized carbons (Fsp3) is 0.200. The van der Waals surface area contributed by atoms with Crippen LogP contribution in [0.4, 0.5) is 0 Å². The van der Waals surface area contributed by atoms with Crippen molar-refractivity contribution >= 4 is 12.2 Å². The van der Waals surface area contributed by atoms with Crippen molar-refractivity contribution in [3.8, 4) is 0 Å². The number of hydrogen-bond acceptors (Lipinski definition) is 3. The van der Waals surface area contributed by atoms with Crippen LogP contribution in [0, 0.1) is 6.92 Å². The van der Waals surface area contributed by atoms with Gasteiger partial charge in [0.2, 0.25) is 6.61 Å². The van der Waals surface area contributed by atoms with E-state index in [4.69, 9.17) is 5.11 Å². The Morgan fingerprint density at radius 3 is 2.71 bits per heavy atom. The topological polar surface area (TPSA) is 58.9 Å². The first-order chi connectivity index (χ1) is 6.68. The third-order valence-electron chi connectivity index (χ3n) is 1.54. The van der Waals surface area contributed by atoms with Crippen molar-refractivity contribution in [2.45, 2.75) is 6.92 Å². The summed E-state index contributed by atoms with van der Waals surface area (Å²) in [6, 6.07) is 7.64. The summed E-state index contributed by atoms with van der Waals surface area (Å²) in [5.74, 6) is -1.04. The molecule has 0 bridgehead atoms. The second kappa shape index (κ2) is 5.01. The van der Waals surface area contributed by atoms with E-state index in [1.807, 2.05) is 31.2 Å². The Balaban J connectivity index is 2.44. The standard InChI is InChI=1S/C10H11NO3/c1-8-2-4-9(5-3-8)6-11-14-7-10(12)13/h2-6H,7H2,1H3,(H,12,13)/b11-6+. The van der Waals surface area contributed by atoms with Crippen molar-refractivity contribution in [1.29, 1.82) is 0 Å². The van der Waals surface area contributed by atoms with E-state index < -0.39 is 12.6 Å². The highest BCUT2D eigenvalue weighted by atomic mass is 16.6. The Morgan fingerprint density at radius 2 is 2.14 bits per heavy atom. The Bertz CT molecular complexity index is 330. The van der Waals surface area contributed by atoms with E-state index in [1.54, 1.807) is 0 Å². The third kappa shape index (κ3) is 3.71. The maximum atomic E-state index is 10.1. The van der Waals surface area contributed by atoms with Crippen LogP contribution in [0.3, 0.4) is 0 Å². The fourth-order valence-electron chi connectivity index (χ4n) is 0.843. The van der Waals surface area contributed by atoms with Gasteiger partial charge < -0.3 is 9.94 Å². The Labute approximate surface area is 81.8 Å². The predicted octanol–water partition coefficient (Wildman–Crippen LogP) is 1.43. The molecule has 0 amide bonds. The molecule has 0 aliphatic heterocycles. The first-order valence-corrected chi connectivity index (χ1v) is 4.12. The molecule has 0 aliphatic carbocycles. The molecule has 1 N–H and O–H groups in total. The van der Waals surface area contributed by atoms with Gasteiger partial charge in [0.1, 0.15) is 0 Å². The summed E-state index contributed by atoms with van der Waals surface area (Å²) in [7, 11) is 0. The second-order valence-electron chi connectivity index (χ2n) is 2.81. The normalized spacial score (nSPS) is 10.4. The number of aryl methyl sites for hydroxylation is 1. The number of nitrogens with zero attached hydrogens (tertiary/aromatic N) is 1. The molecule has 0 fully saturated rings. The molecule has 1 rings (SSSR count). The van der Waals surface area contributed by atoms with E-state index in [9.17, 15) is 4.79 Å². The molecule has 0 aliphatic rings. The first kappa shape index (κ1) is 10.2. The smallest absolute Gasteiger partial charge is 0.344 e. The lowest BCUT2D eigenvalue weighted by atomic mass is 10.2. The van der Waals surface area contributed by atoms with Gasteiger partial charge in [0, 0.05) is 0 Å². The van der Waals surface area contributed by atoms with E-state index in [-0.39, 0.29) is 0 Å². The summed E-state index contributed by atoms with van der Waals surface area (Å²) >= 11 is 0. The molecule has 1 aromatic carbocycles. The van der Waals surface area contributed by atoms with E-state index in [2.05, 4.69) is 9.99 Å². The van der Waals surface area contributed by atoms with Crippen molar-refractivity contribution in [2.75, 3.05) is 6.61 Å². The summed E-state index contributed by atoms with van der Waals surface area (Å²) in [6.45, 7) is 1.57. The van der Waals surface area contributed by atoms with Gasteiger partial charge in [-0.15, -0.1) is 0 Å². The van der Waals surface area contributed by atoms with Crippen LogP contribution in [0.15, 0.2) is 29.4 Å². The zero-order valence-electron chi connectivity index (χ0n) is 7.80. The molecule has 4 nitrogen and oxygen atoms in total. The Kier molecular flexibility index (Phi) is 3.67. The predicted molar refractivity (Wildman–Crippen MR) is 52.4 cm³/mol. The monoisotopic (exact) mass is 193 g/mol. The molecule has 0 unspecified atom stereocenters. The average molecular weight is 193 g/mol. The van der Waals surface area contributed by atoms with Crippen LogP contribution in [-0.4, -0.2) is 23.9 Å². The molecular formula is C10H11NO3. The molecule has 0 spiro atoms. The van der Waals surface area contributed by atoms with Gasteiger partial charge in [-0.05, 0) is 12.5 Å². The minimum atomic E-state index is -1.04. The van der Waals surface area contributed by atoms with Gasteiger partial charge in [-0.1, -0.05) is 35.0 Å². The largest absolute Gasteiger partial charge is 0.479 e. The van der Waals surface area contributed by atoms with Crippen molar-refractivity contribution < 1.29 is 14.7 Å². The number of oxime groups is 1. The number of carboxylic acids is 1. The third-order valence-corrected chi connectivity index (χ3v) is 1.54. The van der Waals surface area contributed by atoms with E-state index in [0.29, 0.717) is 0 Å². The summed E-state index contributed by atoms with van der Waals surface area (Å²) in [5, 5.41) is 11.8. The minimum absolute atomic E-state index is 0.414. The van der Waals surface area contributed by atoms with Gasteiger partial charge in [0.15, 0.2) is 0 Å². The number of hydrogen-bond donors (Lipinski definition) is 1. The van der Waals surface area contributed by atoms with Crippen molar-refractivity contribution in [3.63, 3.8) is 0 Å². The van der Waals surface area contributed by atoms with Crippen LogP contribution in [0.25, 0.3) is 0 Å². The van der Waals surface area contributed by atoms with Gasteiger partial charge in [-0.25, -0.2) is 4.79 Å². The zero-order chi connectivity index (χ0) is 10.4. The van der Waals surface area contributed by atoms with Gasteiger partial charge in [-0.2, -0.15) is 0 Å². The van der Waals surface area contributed by atoms with Crippen molar-refractivity contribution in [3.05, 3.63) is 35.4 Å². The van der Waals surface area contributed by atoms with Crippen LogP contribution in [0.5, 0.6) is 0 Å². The van der Waals surface area contributed by atoms with Crippen LogP contribution >= 0.6 is 0 Å². The highest BCUT2D eigenvalue weighted by Gasteiger charge is 1.93. The average Bonchev–Trinajstić information content (AvgIpc) is 2.15. The van der Waals surface area contributed by atoms with E-state index in [1.165, 1.54) is 6.21 Å². The van der Waals surface area contributed by atoms with E-state index >= 15 is 0 Å². The number of aliphatic carboxylic acids is 1. The zero-order valence-corrected chi connectivity index (χ0v) is 7.80. The molecule has 1 aromatic rings. The lowest BCUT2D eigenvalue weighted by molar-refractivity contribution is -0.142. The van der Waals surface area contributed by atoms with Crippen LogP contribution < -0.4 is 0 Å². The Morgan fingerprint density at radius 1 is 1.50 bits per heavy atom. The molecule has 0 radical (unpaired) electrons. The lowest BCUT2D eigenvalue weighted by Gasteiger charge is -1.94. The highest BCUT2D eigenvalue weighted by Crippen LogP contribution is 2.00. The number of carbonyl (C=O) groups is 1. The maximum absolute atomic E-state index is 10.1. The van der Waals surface area contributed by atoms with Crippen LogP contribution in [-0.2, 0) is 9.63 Å². The van der Waals surface area contributed by atoms with Gasteiger partial charge in [-0.3, -0.25) is 0 Å². The van der Waals surface area contributed by atoms with Gasteiger partial charge >= 0.3 is 5.97 Å². The summed E-state index contributed by atoms with van der Waals surface area (Å²) in [6.07, 6.45) is 1.47. The summed E-state index contributed by atoms with van der Waals surface area (Å²) in [5.41, 5.74) is 2.04. The molecule has 4 heteroatoms. The molecule has 0 saturated heterocycles. The molecule has 0 aromatic heterocycles. The van der Waals surface area contributed by atoms with Crippen molar-refractivity contribution in [1.82, 2.24) is 0 Å². The van der Waals surface area contributed by atoms with Gasteiger partial charge in [0.05, 0.1) is 6.21 Å². The lowest BCUT2D eigenvalue weighted by Crippen LogP contribution is -2.03. The summed E-state index contributed by atoms with van der Waals surface area (Å²) < 4.78 is 0. The van der Waals surface area contributed by atoms with E-state index in [0.717, 1.165) is 11.1 Å². The molecular weight excluding hydrogens is 182 g/mol. The SMILES string of the molecule is Cc1ccc(/C=N/OCC(=O)O)cc1.